The van der Waals surface area contributed by atoms with E-state index in [1.165, 1.54) is 24.8 Å². The average Bonchev–Trinajstić information content (AvgIpc) is 2.61. The van der Waals surface area contributed by atoms with Crippen molar-refractivity contribution in [3.63, 3.8) is 0 Å². The van der Waals surface area contributed by atoms with Gasteiger partial charge in [-0.25, -0.2) is 0 Å². The molecule has 1 atom stereocenters. The van der Waals surface area contributed by atoms with Crippen LogP contribution in [0.2, 0.25) is 5.02 Å². The number of aliphatic hydroxyl groups is 1. The summed E-state index contributed by atoms with van der Waals surface area (Å²) < 4.78 is 0. The Labute approximate surface area is 153 Å². The summed E-state index contributed by atoms with van der Waals surface area (Å²) in [6.45, 7) is 0. The highest BCUT2D eigenvalue weighted by molar-refractivity contribution is 6.31. The fourth-order valence-corrected chi connectivity index (χ4v) is 3.92. The Hall–Kier alpha value is -2.09. The van der Waals surface area contributed by atoms with Gasteiger partial charge in [0.2, 0.25) is 0 Å². The van der Waals surface area contributed by atoms with Crippen LogP contribution >= 0.6 is 11.6 Å². The van der Waals surface area contributed by atoms with Crippen LogP contribution in [0.3, 0.4) is 0 Å². The van der Waals surface area contributed by atoms with Crippen molar-refractivity contribution in [2.75, 3.05) is 0 Å². The van der Waals surface area contributed by atoms with Gasteiger partial charge in [0.25, 0.3) is 0 Å². The van der Waals surface area contributed by atoms with Crippen LogP contribution in [0.15, 0.2) is 78.9 Å². The number of benzene rings is 3. The lowest BCUT2D eigenvalue weighted by Crippen LogP contribution is -2.29. The molecule has 126 valence electrons. The number of halogens is 1. The topological polar surface area (TPSA) is 20.2 Å². The summed E-state index contributed by atoms with van der Waals surface area (Å²) in [7, 11) is 0. The quantitative estimate of drug-likeness (QED) is 0.583. The molecule has 0 bridgehead atoms. The van der Waals surface area contributed by atoms with E-state index in [0.29, 0.717) is 16.5 Å². The SMILES string of the molecule is OC(c1ccccc1)(c1ccc(C2CCC2)cc1)c1ccccc1Cl. The first-order chi connectivity index (χ1) is 12.2. The Morgan fingerprint density at radius 2 is 1.36 bits per heavy atom. The Balaban J connectivity index is 1.85. The summed E-state index contributed by atoms with van der Waals surface area (Å²) in [5, 5.41) is 12.4. The molecule has 0 heterocycles. The Kier molecular flexibility index (Phi) is 4.37. The van der Waals surface area contributed by atoms with E-state index in [1.807, 2.05) is 66.7 Å². The van der Waals surface area contributed by atoms with Gasteiger partial charge >= 0.3 is 0 Å². The normalized spacial score (nSPS) is 16.9. The maximum absolute atomic E-state index is 11.8. The molecule has 4 rings (SSSR count). The van der Waals surface area contributed by atoms with Crippen molar-refractivity contribution in [3.8, 4) is 0 Å². The molecular weight excluding hydrogens is 328 g/mol. The molecule has 2 heteroatoms. The van der Waals surface area contributed by atoms with Crippen LogP contribution in [0.25, 0.3) is 0 Å². The maximum atomic E-state index is 11.8. The number of hydrogen-bond acceptors (Lipinski definition) is 1. The first-order valence-electron chi connectivity index (χ1n) is 8.83. The van der Waals surface area contributed by atoms with Gasteiger partial charge in [-0.3, -0.25) is 0 Å². The van der Waals surface area contributed by atoms with Gasteiger partial charge in [-0.15, -0.1) is 0 Å². The minimum absolute atomic E-state index is 0.567. The third kappa shape index (κ3) is 2.88. The van der Waals surface area contributed by atoms with E-state index in [2.05, 4.69) is 12.1 Å². The summed E-state index contributed by atoms with van der Waals surface area (Å²) in [6.07, 6.45) is 3.86. The minimum atomic E-state index is -1.27. The highest BCUT2D eigenvalue weighted by Gasteiger charge is 2.35. The monoisotopic (exact) mass is 348 g/mol. The molecule has 1 fully saturated rings. The average molecular weight is 349 g/mol. The molecule has 1 aliphatic carbocycles. The Morgan fingerprint density at radius 1 is 0.760 bits per heavy atom. The van der Waals surface area contributed by atoms with Crippen LogP contribution in [-0.2, 0) is 5.60 Å². The van der Waals surface area contributed by atoms with Crippen molar-refractivity contribution in [3.05, 3.63) is 106 Å². The fourth-order valence-electron chi connectivity index (χ4n) is 3.65. The van der Waals surface area contributed by atoms with Crippen molar-refractivity contribution in [2.24, 2.45) is 0 Å². The van der Waals surface area contributed by atoms with Gasteiger partial charge in [0, 0.05) is 10.6 Å². The van der Waals surface area contributed by atoms with Crippen LogP contribution < -0.4 is 0 Å². The lowest BCUT2D eigenvalue weighted by atomic mass is 9.77. The molecule has 1 nitrogen and oxygen atoms in total. The van der Waals surface area contributed by atoms with Crippen LogP contribution in [0.5, 0.6) is 0 Å². The second-order valence-electron chi connectivity index (χ2n) is 6.81. The molecule has 1 N–H and O–H groups in total. The summed E-state index contributed by atoms with van der Waals surface area (Å²) in [6, 6.07) is 25.7. The first-order valence-corrected chi connectivity index (χ1v) is 9.21. The predicted molar refractivity (Wildman–Crippen MR) is 103 cm³/mol. The van der Waals surface area contributed by atoms with E-state index in [4.69, 9.17) is 11.6 Å². The highest BCUT2D eigenvalue weighted by Crippen LogP contribution is 2.41. The molecule has 0 radical (unpaired) electrons. The highest BCUT2D eigenvalue weighted by atomic mass is 35.5. The van der Waals surface area contributed by atoms with E-state index in [0.717, 1.165) is 11.1 Å². The zero-order chi connectivity index (χ0) is 17.3. The van der Waals surface area contributed by atoms with Gasteiger partial charge in [0.1, 0.15) is 5.60 Å². The lowest BCUT2D eigenvalue weighted by molar-refractivity contribution is 0.126. The van der Waals surface area contributed by atoms with Crippen LogP contribution in [0.1, 0.15) is 47.4 Å². The van der Waals surface area contributed by atoms with Crippen molar-refractivity contribution in [1.82, 2.24) is 0 Å². The standard InChI is InChI=1S/C23H21ClO/c24-22-12-5-4-11-21(22)23(25,19-9-2-1-3-10-19)20-15-13-18(14-16-20)17-7-6-8-17/h1-5,9-17,25H,6-8H2. The Morgan fingerprint density at radius 3 is 1.96 bits per heavy atom. The van der Waals surface area contributed by atoms with Gasteiger partial charge in [-0.1, -0.05) is 90.8 Å². The van der Waals surface area contributed by atoms with Crippen molar-refractivity contribution < 1.29 is 5.11 Å². The second-order valence-corrected chi connectivity index (χ2v) is 7.21. The zero-order valence-corrected chi connectivity index (χ0v) is 14.8. The number of rotatable bonds is 4. The third-order valence-electron chi connectivity index (χ3n) is 5.36. The molecular formula is C23H21ClO. The van der Waals surface area contributed by atoms with Crippen molar-refractivity contribution in [2.45, 2.75) is 30.8 Å². The maximum Gasteiger partial charge on any atom is 0.141 e. The molecule has 25 heavy (non-hydrogen) atoms. The third-order valence-corrected chi connectivity index (χ3v) is 5.69. The Bertz CT molecular complexity index is 853. The van der Waals surface area contributed by atoms with E-state index in [1.54, 1.807) is 0 Å². The molecule has 1 saturated carbocycles. The zero-order valence-electron chi connectivity index (χ0n) is 14.0. The van der Waals surface area contributed by atoms with Gasteiger partial charge < -0.3 is 5.11 Å². The van der Waals surface area contributed by atoms with Gasteiger partial charge in [-0.2, -0.15) is 0 Å². The molecule has 3 aromatic rings. The lowest BCUT2D eigenvalue weighted by Gasteiger charge is -2.32. The molecule has 1 aliphatic rings. The van der Waals surface area contributed by atoms with Crippen LogP contribution in [0, 0.1) is 0 Å². The van der Waals surface area contributed by atoms with Crippen molar-refractivity contribution in [1.29, 1.82) is 0 Å². The predicted octanol–water partition coefficient (Wildman–Crippen LogP) is 5.89. The van der Waals surface area contributed by atoms with Gasteiger partial charge in [-0.05, 0) is 41.5 Å². The molecule has 0 amide bonds. The molecule has 0 aromatic heterocycles. The molecule has 0 saturated heterocycles. The first kappa shape index (κ1) is 16.4. The van der Waals surface area contributed by atoms with Gasteiger partial charge in [0.05, 0.1) is 0 Å². The molecule has 0 spiro atoms. The summed E-state index contributed by atoms with van der Waals surface area (Å²) in [5.74, 6) is 0.680. The summed E-state index contributed by atoms with van der Waals surface area (Å²) in [4.78, 5) is 0. The number of hydrogen-bond donors (Lipinski definition) is 1. The fraction of sp³-hybridized carbons (Fsp3) is 0.217. The molecule has 1 unspecified atom stereocenters. The second kappa shape index (κ2) is 6.67. The van der Waals surface area contributed by atoms with Gasteiger partial charge in [0.15, 0.2) is 0 Å². The summed E-state index contributed by atoms with van der Waals surface area (Å²) >= 11 is 6.46. The minimum Gasteiger partial charge on any atom is -0.376 e. The van der Waals surface area contributed by atoms with E-state index in [-0.39, 0.29) is 0 Å². The molecule has 3 aromatic carbocycles. The van der Waals surface area contributed by atoms with E-state index >= 15 is 0 Å². The smallest absolute Gasteiger partial charge is 0.141 e. The van der Waals surface area contributed by atoms with E-state index < -0.39 is 5.60 Å². The van der Waals surface area contributed by atoms with Crippen LogP contribution in [-0.4, -0.2) is 5.11 Å². The molecule has 0 aliphatic heterocycles. The van der Waals surface area contributed by atoms with Crippen molar-refractivity contribution >= 4 is 11.6 Å². The summed E-state index contributed by atoms with van der Waals surface area (Å²) in [5.41, 5.74) is 2.47. The van der Waals surface area contributed by atoms with Crippen LogP contribution in [0.4, 0.5) is 0 Å². The largest absolute Gasteiger partial charge is 0.376 e. The van der Waals surface area contributed by atoms with E-state index in [9.17, 15) is 5.11 Å².